The molecule has 0 aliphatic heterocycles. The molecule has 0 N–H and O–H groups in total. The van der Waals surface area contributed by atoms with E-state index in [0.29, 0.717) is 0 Å². The van der Waals surface area contributed by atoms with Crippen molar-refractivity contribution in [3.63, 3.8) is 0 Å². The van der Waals surface area contributed by atoms with Crippen LogP contribution in [0.5, 0.6) is 0 Å². The Bertz CT molecular complexity index is 756. The molecule has 102 valence electrons. The van der Waals surface area contributed by atoms with Crippen LogP contribution in [0.25, 0.3) is 16.6 Å². The van der Waals surface area contributed by atoms with E-state index in [-0.39, 0.29) is 0 Å². The van der Waals surface area contributed by atoms with Crippen LogP contribution in [0, 0.1) is 6.92 Å². The van der Waals surface area contributed by atoms with Crippen molar-refractivity contribution in [2.75, 3.05) is 0 Å². The van der Waals surface area contributed by atoms with Gasteiger partial charge < -0.3 is 0 Å². The molecule has 0 amide bonds. The third kappa shape index (κ3) is 2.20. The topological polar surface area (TPSA) is 30.7 Å². The number of benzene rings is 1. The van der Waals surface area contributed by atoms with Crippen LogP contribution in [0.15, 0.2) is 36.4 Å². The molecule has 2 aromatic heterocycles. The first-order chi connectivity index (χ1) is 9.71. The highest BCUT2D eigenvalue weighted by atomic mass is 15.3. The fourth-order valence-corrected chi connectivity index (χ4v) is 2.47. The molecular formula is C17H19N3. The van der Waals surface area contributed by atoms with Gasteiger partial charge in [0.15, 0.2) is 0 Å². The van der Waals surface area contributed by atoms with Crippen molar-refractivity contribution in [3.8, 4) is 5.69 Å². The van der Waals surface area contributed by atoms with Crippen molar-refractivity contribution < 1.29 is 0 Å². The number of aryl methyl sites for hydroxylation is 3. The van der Waals surface area contributed by atoms with Gasteiger partial charge in [0.1, 0.15) is 0 Å². The van der Waals surface area contributed by atoms with Gasteiger partial charge in [-0.25, -0.2) is 4.68 Å². The predicted molar refractivity (Wildman–Crippen MR) is 82.4 cm³/mol. The quantitative estimate of drug-likeness (QED) is 0.720. The van der Waals surface area contributed by atoms with Crippen molar-refractivity contribution in [2.45, 2.75) is 33.6 Å². The normalized spacial score (nSPS) is 11.2. The predicted octanol–water partition coefficient (Wildman–Crippen LogP) is 3.85. The fraction of sp³-hybridized carbons (Fsp3) is 0.294. The first-order valence-electron chi connectivity index (χ1n) is 7.17. The molecule has 2 heterocycles. The minimum atomic E-state index is 0.967. The first kappa shape index (κ1) is 12.9. The van der Waals surface area contributed by atoms with E-state index in [1.165, 1.54) is 5.69 Å². The molecule has 0 saturated heterocycles. The molecule has 0 radical (unpaired) electrons. The van der Waals surface area contributed by atoms with Gasteiger partial charge in [-0.05, 0) is 50.1 Å². The van der Waals surface area contributed by atoms with Crippen LogP contribution in [0.2, 0.25) is 0 Å². The Morgan fingerprint density at radius 3 is 2.60 bits per heavy atom. The Kier molecular flexibility index (Phi) is 3.26. The first-order valence-corrected chi connectivity index (χ1v) is 7.17. The smallest absolute Gasteiger partial charge is 0.0706 e. The number of pyridine rings is 1. The van der Waals surface area contributed by atoms with E-state index in [1.54, 1.807) is 0 Å². The van der Waals surface area contributed by atoms with Crippen molar-refractivity contribution in [1.29, 1.82) is 0 Å². The molecule has 0 aliphatic carbocycles. The summed E-state index contributed by atoms with van der Waals surface area (Å²) in [6.07, 6.45) is 1.95. The van der Waals surface area contributed by atoms with Gasteiger partial charge in [-0.2, -0.15) is 5.10 Å². The van der Waals surface area contributed by atoms with Crippen LogP contribution >= 0.6 is 0 Å². The van der Waals surface area contributed by atoms with E-state index in [1.807, 2.05) is 13.0 Å². The van der Waals surface area contributed by atoms with E-state index >= 15 is 0 Å². The monoisotopic (exact) mass is 265 g/mol. The van der Waals surface area contributed by atoms with Gasteiger partial charge in [0.2, 0.25) is 0 Å². The number of hydrogen-bond donors (Lipinski definition) is 0. The zero-order valence-electron chi connectivity index (χ0n) is 12.2. The van der Waals surface area contributed by atoms with Crippen molar-refractivity contribution in [3.05, 3.63) is 53.5 Å². The van der Waals surface area contributed by atoms with Crippen molar-refractivity contribution in [2.24, 2.45) is 0 Å². The van der Waals surface area contributed by atoms with E-state index in [9.17, 15) is 0 Å². The zero-order valence-corrected chi connectivity index (χ0v) is 12.2. The molecule has 0 aliphatic rings. The summed E-state index contributed by atoms with van der Waals surface area (Å²) < 4.78 is 2.05. The van der Waals surface area contributed by atoms with E-state index in [0.717, 1.165) is 40.8 Å². The lowest BCUT2D eigenvalue weighted by Crippen LogP contribution is -2.01. The summed E-state index contributed by atoms with van der Waals surface area (Å²) in [6, 6.07) is 12.7. The van der Waals surface area contributed by atoms with Gasteiger partial charge in [-0.3, -0.25) is 4.98 Å². The third-order valence-corrected chi connectivity index (χ3v) is 3.61. The van der Waals surface area contributed by atoms with Crippen molar-refractivity contribution >= 4 is 10.9 Å². The van der Waals surface area contributed by atoms with Crippen LogP contribution in [0.1, 0.15) is 30.9 Å². The van der Waals surface area contributed by atoms with E-state index in [4.69, 9.17) is 5.10 Å². The standard InChI is InChI=1S/C17H19N3/c1-4-14-11-15(5-2)20(19-14)16-8-9-17-13(10-16)7-6-12(3)18-17/h6-11H,4-5H2,1-3H3. The second-order valence-corrected chi connectivity index (χ2v) is 5.08. The molecule has 0 atom stereocenters. The maximum Gasteiger partial charge on any atom is 0.0706 e. The van der Waals surface area contributed by atoms with Gasteiger partial charge in [-0.1, -0.05) is 19.9 Å². The molecular weight excluding hydrogens is 246 g/mol. The molecule has 0 spiro atoms. The van der Waals surface area contributed by atoms with E-state index in [2.05, 4.69) is 53.8 Å². The minimum absolute atomic E-state index is 0.967. The molecule has 3 nitrogen and oxygen atoms in total. The van der Waals surface area contributed by atoms with Gasteiger partial charge >= 0.3 is 0 Å². The fourth-order valence-electron chi connectivity index (χ4n) is 2.47. The van der Waals surface area contributed by atoms with Gasteiger partial charge in [0.25, 0.3) is 0 Å². The van der Waals surface area contributed by atoms with Crippen LogP contribution in [0.3, 0.4) is 0 Å². The highest BCUT2D eigenvalue weighted by Gasteiger charge is 2.08. The maximum atomic E-state index is 4.69. The second-order valence-electron chi connectivity index (χ2n) is 5.08. The second kappa shape index (κ2) is 5.08. The number of aromatic nitrogens is 3. The molecule has 20 heavy (non-hydrogen) atoms. The molecule has 0 saturated carbocycles. The summed E-state index contributed by atoms with van der Waals surface area (Å²) >= 11 is 0. The molecule has 0 bridgehead atoms. The summed E-state index contributed by atoms with van der Waals surface area (Å²) in [5, 5.41) is 5.85. The summed E-state index contributed by atoms with van der Waals surface area (Å²) in [7, 11) is 0. The molecule has 3 heteroatoms. The Balaban J connectivity index is 2.14. The maximum absolute atomic E-state index is 4.69. The average Bonchev–Trinajstić information content (AvgIpc) is 2.90. The molecule has 3 aromatic rings. The van der Waals surface area contributed by atoms with Crippen LogP contribution < -0.4 is 0 Å². The summed E-state index contributed by atoms with van der Waals surface area (Å²) in [5.41, 5.74) is 5.59. The Morgan fingerprint density at radius 1 is 1.00 bits per heavy atom. The molecule has 3 rings (SSSR count). The Hall–Kier alpha value is -2.16. The lowest BCUT2D eigenvalue weighted by molar-refractivity contribution is 0.795. The van der Waals surface area contributed by atoms with Crippen LogP contribution in [-0.4, -0.2) is 14.8 Å². The number of hydrogen-bond acceptors (Lipinski definition) is 2. The third-order valence-electron chi connectivity index (χ3n) is 3.61. The van der Waals surface area contributed by atoms with Crippen LogP contribution in [-0.2, 0) is 12.8 Å². The lowest BCUT2D eigenvalue weighted by Gasteiger charge is -2.07. The minimum Gasteiger partial charge on any atom is -0.253 e. The van der Waals surface area contributed by atoms with Crippen molar-refractivity contribution in [1.82, 2.24) is 14.8 Å². The summed E-state index contributed by atoms with van der Waals surface area (Å²) in [4.78, 5) is 4.54. The Labute approximate surface area is 119 Å². The zero-order chi connectivity index (χ0) is 14.1. The van der Waals surface area contributed by atoms with Gasteiger partial charge in [-0.15, -0.1) is 0 Å². The highest BCUT2D eigenvalue weighted by Crippen LogP contribution is 2.19. The molecule has 1 aromatic carbocycles. The molecule has 0 fully saturated rings. The SMILES string of the molecule is CCc1cc(CC)n(-c2ccc3nc(C)ccc3c2)n1. The van der Waals surface area contributed by atoms with Crippen LogP contribution in [0.4, 0.5) is 0 Å². The average molecular weight is 265 g/mol. The molecule has 0 unspecified atom stereocenters. The summed E-state index contributed by atoms with van der Waals surface area (Å²) in [6.45, 7) is 6.32. The largest absolute Gasteiger partial charge is 0.253 e. The Morgan fingerprint density at radius 2 is 1.85 bits per heavy atom. The van der Waals surface area contributed by atoms with Gasteiger partial charge in [0, 0.05) is 16.8 Å². The number of fused-ring (bicyclic) bond motifs is 1. The number of rotatable bonds is 3. The van der Waals surface area contributed by atoms with E-state index < -0.39 is 0 Å². The summed E-state index contributed by atoms with van der Waals surface area (Å²) in [5.74, 6) is 0. The number of nitrogens with zero attached hydrogens (tertiary/aromatic N) is 3. The van der Waals surface area contributed by atoms with Gasteiger partial charge in [0.05, 0.1) is 16.9 Å². The highest BCUT2D eigenvalue weighted by molar-refractivity contribution is 5.80. The lowest BCUT2D eigenvalue weighted by atomic mass is 10.2.